The molecule has 1 aromatic carbocycles. The minimum atomic E-state index is -2.26. The Bertz CT molecular complexity index is 1160. The second-order valence-corrected chi connectivity index (χ2v) is 18.1. The van der Waals surface area contributed by atoms with E-state index in [2.05, 4.69) is 39.2 Å². The van der Waals surface area contributed by atoms with Gasteiger partial charge in [-0.15, -0.1) is 0 Å². The highest BCUT2D eigenvalue weighted by Gasteiger charge is 2.54. The quantitative estimate of drug-likeness (QED) is 0.146. The van der Waals surface area contributed by atoms with Crippen molar-refractivity contribution in [2.75, 3.05) is 13.7 Å². The highest BCUT2D eigenvalue weighted by atomic mass is 35.5. The summed E-state index contributed by atoms with van der Waals surface area (Å²) in [5.74, 6) is -0.700. The average molecular weight is 600 g/mol. The van der Waals surface area contributed by atoms with Gasteiger partial charge in [-0.1, -0.05) is 44.5 Å². The van der Waals surface area contributed by atoms with Crippen molar-refractivity contribution in [2.24, 2.45) is 0 Å². The second kappa shape index (κ2) is 11.7. The third-order valence-corrected chi connectivity index (χ3v) is 12.2. The van der Waals surface area contributed by atoms with Crippen LogP contribution < -0.4 is 5.32 Å². The highest BCUT2D eigenvalue weighted by molar-refractivity contribution is 6.74. The number of rotatable bonds is 9. The molecule has 1 aromatic rings. The lowest BCUT2D eigenvalue weighted by Crippen LogP contribution is -2.56. The van der Waals surface area contributed by atoms with E-state index in [0.717, 1.165) is 4.90 Å². The highest BCUT2D eigenvalue weighted by Crippen LogP contribution is 2.48. The lowest BCUT2D eigenvalue weighted by molar-refractivity contribution is -0.384. The number of hydrogen-bond acceptors (Lipinski definition) is 8. The van der Waals surface area contributed by atoms with Gasteiger partial charge >= 0.3 is 18.1 Å². The van der Waals surface area contributed by atoms with Gasteiger partial charge in [-0.3, -0.25) is 14.9 Å². The molecule has 1 saturated carbocycles. The number of benzene rings is 1. The van der Waals surface area contributed by atoms with Gasteiger partial charge in [0.1, 0.15) is 10.6 Å². The summed E-state index contributed by atoms with van der Waals surface area (Å²) in [4.78, 5) is 51.5. The van der Waals surface area contributed by atoms with Crippen LogP contribution in [0.3, 0.4) is 0 Å². The Labute approximate surface area is 242 Å². The molecule has 13 heteroatoms. The van der Waals surface area contributed by atoms with Gasteiger partial charge in [0.05, 0.1) is 36.1 Å². The monoisotopic (exact) mass is 599 g/mol. The first-order valence-corrected chi connectivity index (χ1v) is 16.4. The zero-order chi connectivity index (χ0) is 30.9. The number of amides is 3. The number of carbonyl (C=O) groups excluding carboxylic acids is 3. The number of urea groups is 1. The molecule has 0 heterocycles. The molecule has 11 nitrogen and oxygen atoms in total. The number of nitro groups is 1. The SMILES string of the molecule is COC(=O)C[C@](C)(NC(=O)N(CC1(O[Si](C)(C)C(C)(C)C)CC1)C(=O)OC(C)(C)C)c1cccc([N+](=O)[O-])c1Cl. The third-order valence-electron chi connectivity index (χ3n) is 7.27. The molecule has 1 fully saturated rings. The fourth-order valence-corrected chi connectivity index (χ4v) is 5.97. The Kier molecular flexibility index (Phi) is 9.76. The Hall–Kier alpha value is -2.70. The van der Waals surface area contributed by atoms with E-state index in [0.29, 0.717) is 12.8 Å². The van der Waals surface area contributed by atoms with Crippen LogP contribution in [0.25, 0.3) is 0 Å². The van der Waals surface area contributed by atoms with Crippen LogP contribution in [0.15, 0.2) is 18.2 Å². The van der Waals surface area contributed by atoms with E-state index >= 15 is 0 Å². The smallest absolute Gasteiger partial charge is 0.418 e. The molecule has 0 saturated heterocycles. The van der Waals surface area contributed by atoms with Gasteiger partial charge in [0.25, 0.3) is 5.69 Å². The largest absolute Gasteiger partial charge is 0.469 e. The van der Waals surface area contributed by atoms with Crippen molar-refractivity contribution in [3.63, 3.8) is 0 Å². The van der Waals surface area contributed by atoms with Crippen LogP contribution in [0.5, 0.6) is 0 Å². The molecule has 0 aliphatic heterocycles. The van der Waals surface area contributed by atoms with Crippen LogP contribution in [-0.4, -0.2) is 61.1 Å². The summed E-state index contributed by atoms with van der Waals surface area (Å²) in [6.07, 6.45) is 0.00889. The molecule has 0 aromatic heterocycles. The number of nitro benzene ring substituents is 1. The van der Waals surface area contributed by atoms with E-state index in [1.807, 2.05) is 0 Å². The van der Waals surface area contributed by atoms with E-state index < -0.39 is 60.2 Å². The molecular formula is C27H42ClN3O8Si. The summed E-state index contributed by atoms with van der Waals surface area (Å²) >= 11 is 6.39. The Morgan fingerprint density at radius 3 is 2.15 bits per heavy atom. The maximum absolute atomic E-state index is 13.9. The molecular weight excluding hydrogens is 558 g/mol. The van der Waals surface area contributed by atoms with Gasteiger partial charge in [0, 0.05) is 11.6 Å². The minimum absolute atomic E-state index is 0.0722. The molecule has 224 valence electrons. The lowest BCUT2D eigenvalue weighted by atomic mass is 9.88. The predicted octanol–water partition coefficient (Wildman–Crippen LogP) is 6.53. The van der Waals surface area contributed by atoms with Crippen molar-refractivity contribution < 1.29 is 33.2 Å². The molecule has 2 rings (SSSR count). The fourth-order valence-electron chi connectivity index (χ4n) is 3.91. The molecule has 40 heavy (non-hydrogen) atoms. The number of halogens is 1. The molecule has 1 N–H and O–H groups in total. The van der Waals surface area contributed by atoms with Crippen LogP contribution in [0.2, 0.25) is 23.2 Å². The first-order valence-electron chi connectivity index (χ1n) is 13.1. The van der Waals surface area contributed by atoms with Crippen molar-refractivity contribution in [3.05, 3.63) is 38.9 Å². The van der Waals surface area contributed by atoms with E-state index in [1.165, 1.54) is 32.2 Å². The zero-order valence-corrected chi connectivity index (χ0v) is 26.9. The number of ether oxygens (including phenoxy) is 2. The van der Waals surface area contributed by atoms with Crippen molar-refractivity contribution in [1.29, 1.82) is 0 Å². The molecule has 0 radical (unpaired) electrons. The number of imide groups is 1. The van der Waals surface area contributed by atoms with Gasteiger partial charge in [0.2, 0.25) is 0 Å². The summed E-state index contributed by atoms with van der Waals surface area (Å²) in [6.45, 7) is 17.0. The summed E-state index contributed by atoms with van der Waals surface area (Å²) < 4.78 is 17.1. The topological polar surface area (TPSA) is 137 Å². The Balaban J connectivity index is 2.52. The van der Waals surface area contributed by atoms with Crippen molar-refractivity contribution >= 4 is 43.7 Å². The maximum Gasteiger partial charge on any atom is 0.418 e. The summed E-state index contributed by atoms with van der Waals surface area (Å²) in [5.41, 5.74) is -3.48. The summed E-state index contributed by atoms with van der Waals surface area (Å²) in [6, 6.07) is 3.22. The molecule has 1 aliphatic carbocycles. The molecule has 1 aliphatic rings. The number of hydrogen-bond donors (Lipinski definition) is 1. The van der Waals surface area contributed by atoms with Gasteiger partial charge in [-0.2, -0.15) is 0 Å². The van der Waals surface area contributed by atoms with Crippen LogP contribution in [0.4, 0.5) is 15.3 Å². The maximum atomic E-state index is 13.9. The lowest BCUT2D eigenvalue weighted by Gasteiger charge is -2.41. The second-order valence-electron chi connectivity index (χ2n) is 13.0. The summed E-state index contributed by atoms with van der Waals surface area (Å²) in [7, 11) is -1.08. The molecule has 0 unspecified atom stereocenters. The van der Waals surface area contributed by atoms with E-state index in [-0.39, 0.29) is 22.2 Å². The van der Waals surface area contributed by atoms with Crippen molar-refractivity contribution in [3.8, 4) is 0 Å². The number of nitrogens with zero attached hydrogens (tertiary/aromatic N) is 2. The predicted molar refractivity (Wildman–Crippen MR) is 154 cm³/mol. The molecule has 1 atom stereocenters. The van der Waals surface area contributed by atoms with Gasteiger partial charge < -0.3 is 19.2 Å². The number of esters is 1. The third kappa shape index (κ3) is 8.17. The van der Waals surface area contributed by atoms with Crippen LogP contribution in [0.1, 0.15) is 73.3 Å². The summed E-state index contributed by atoms with van der Waals surface area (Å²) in [5, 5.41) is 13.9. The minimum Gasteiger partial charge on any atom is -0.469 e. The fraction of sp³-hybridized carbons (Fsp3) is 0.667. The first-order chi connectivity index (χ1) is 18.1. The van der Waals surface area contributed by atoms with Crippen molar-refractivity contribution in [2.45, 2.75) is 103 Å². The van der Waals surface area contributed by atoms with Crippen LogP contribution in [0, 0.1) is 10.1 Å². The molecule has 3 amide bonds. The van der Waals surface area contributed by atoms with Crippen molar-refractivity contribution in [1.82, 2.24) is 10.2 Å². The number of carbonyl (C=O) groups is 3. The normalized spacial score (nSPS) is 16.4. The molecule has 0 bridgehead atoms. The van der Waals surface area contributed by atoms with E-state index in [4.69, 9.17) is 25.5 Å². The van der Waals surface area contributed by atoms with Gasteiger partial charge in [-0.25, -0.2) is 14.5 Å². The number of nitrogens with one attached hydrogen (secondary N) is 1. The van der Waals surface area contributed by atoms with E-state index in [1.54, 1.807) is 20.8 Å². The Morgan fingerprint density at radius 2 is 1.70 bits per heavy atom. The van der Waals surface area contributed by atoms with E-state index in [9.17, 15) is 24.5 Å². The van der Waals surface area contributed by atoms with Crippen LogP contribution in [-0.2, 0) is 24.2 Å². The van der Waals surface area contributed by atoms with Gasteiger partial charge in [0.15, 0.2) is 8.32 Å². The molecule has 0 spiro atoms. The standard InChI is InChI=1S/C27H42ClN3O8Si/c1-24(2,3)38-23(34)30(17-27(14-15-27)39-40(9,10)25(4,5)6)22(33)29-26(7,16-20(32)37-8)18-12-11-13-19(21(18)28)31(35)36/h11-13H,14-17H2,1-10H3,(H,29,33)/t26-/m0/s1. The Morgan fingerprint density at radius 1 is 1.12 bits per heavy atom. The number of methoxy groups -OCH3 is 1. The first kappa shape index (κ1) is 33.5. The van der Waals surface area contributed by atoms with Crippen LogP contribution >= 0.6 is 11.6 Å². The van der Waals surface area contributed by atoms with Gasteiger partial charge in [-0.05, 0) is 58.7 Å². The zero-order valence-electron chi connectivity index (χ0n) is 25.1. The average Bonchev–Trinajstić information content (AvgIpc) is 3.53.